The summed E-state index contributed by atoms with van der Waals surface area (Å²) in [5.41, 5.74) is 0.769. The van der Waals surface area contributed by atoms with Crippen molar-refractivity contribution >= 4 is 11.7 Å². The zero-order valence-electron chi connectivity index (χ0n) is 14.9. The van der Waals surface area contributed by atoms with Gasteiger partial charge in [0.05, 0.1) is 5.56 Å². The maximum Gasteiger partial charge on any atom is 0.253 e. The van der Waals surface area contributed by atoms with Crippen LogP contribution in [0.25, 0.3) is 0 Å². The predicted octanol–water partition coefficient (Wildman–Crippen LogP) is 3.63. The van der Waals surface area contributed by atoms with Crippen LogP contribution in [0.1, 0.15) is 62.7 Å². The number of carbonyl (C=O) groups is 1. The number of nitrogens with one attached hydrogen (secondary N) is 1. The standard InChI is InChI=1S/C20H29N3O/c1-3-23(4-2)18-6-5-17(13-21-18)19(24)22-20-10-14-7-15(11-20)9-16(8-14)12-20/h5-6,13-16H,3-4,7-12H2,1-2H3,(H,22,24). The molecule has 1 amide bonds. The van der Waals surface area contributed by atoms with Gasteiger partial charge in [0.15, 0.2) is 0 Å². The summed E-state index contributed by atoms with van der Waals surface area (Å²) in [5, 5.41) is 3.42. The van der Waals surface area contributed by atoms with Crippen molar-refractivity contribution in [2.45, 2.75) is 57.9 Å². The summed E-state index contributed by atoms with van der Waals surface area (Å²) in [7, 11) is 0. The molecule has 130 valence electrons. The highest BCUT2D eigenvalue weighted by atomic mass is 16.1. The van der Waals surface area contributed by atoms with Gasteiger partial charge in [-0.1, -0.05) is 0 Å². The Labute approximate surface area is 145 Å². The number of nitrogens with zero attached hydrogens (tertiary/aromatic N) is 2. The molecular formula is C20H29N3O. The second-order valence-corrected chi connectivity index (χ2v) is 8.23. The van der Waals surface area contributed by atoms with Crippen LogP contribution in [0.5, 0.6) is 0 Å². The fourth-order valence-corrected chi connectivity index (χ4v) is 5.83. The molecule has 0 radical (unpaired) electrons. The Morgan fingerprint density at radius 1 is 1.12 bits per heavy atom. The monoisotopic (exact) mass is 327 g/mol. The molecule has 4 saturated carbocycles. The topological polar surface area (TPSA) is 45.2 Å². The van der Waals surface area contributed by atoms with E-state index in [1.165, 1.54) is 38.5 Å². The van der Waals surface area contributed by atoms with E-state index in [9.17, 15) is 4.79 Å². The molecule has 0 unspecified atom stereocenters. The molecule has 1 aromatic rings. The van der Waals surface area contributed by atoms with Gasteiger partial charge in [-0.15, -0.1) is 0 Å². The second kappa shape index (κ2) is 6.05. The summed E-state index contributed by atoms with van der Waals surface area (Å²) in [4.78, 5) is 19.5. The molecule has 4 bridgehead atoms. The van der Waals surface area contributed by atoms with Crippen LogP contribution >= 0.6 is 0 Å². The fourth-order valence-electron chi connectivity index (χ4n) is 5.83. The first-order chi connectivity index (χ1) is 11.6. The van der Waals surface area contributed by atoms with Gasteiger partial charge in [-0.2, -0.15) is 0 Å². The minimum absolute atomic E-state index is 0.0653. The average Bonchev–Trinajstić information content (AvgIpc) is 2.55. The smallest absolute Gasteiger partial charge is 0.253 e. The molecule has 0 saturated heterocycles. The quantitative estimate of drug-likeness (QED) is 0.898. The van der Waals surface area contributed by atoms with Crippen molar-refractivity contribution < 1.29 is 4.79 Å². The molecule has 4 aliphatic rings. The summed E-state index contributed by atoms with van der Waals surface area (Å²) in [6.45, 7) is 6.11. The van der Waals surface area contributed by atoms with E-state index in [0.717, 1.165) is 36.7 Å². The Morgan fingerprint density at radius 3 is 2.17 bits per heavy atom. The lowest BCUT2D eigenvalue weighted by Gasteiger charge is -2.56. The van der Waals surface area contributed by atoms with Crippen LogP contribution in [0.4, 0.5) is 5.82 Å². The second-order valence-electron chi connectivity index (χ2n) is 8.23. The third-order valence-electron chi connectivity index (χ3n) is 6.51. The van der Waals surface area contributed by atoms with Gasteiger partial charge in [0, 0.05) is 24.8 Å². The normalized spacial score (nSPS) is 33.5. The first kappa shape index (κ1) is 15.9. The van der Waals surface area contributed by atoms with E-state index in [-0.39, 0.29) is 11.4 Å². The Morgan fingerprint density at radius 2 is 1.71 bits per heavy atom. The van der Waals surface area contributed by atoms with Crippen LogP contribution in [0, 0.1) is 17.8 Å². The summed E-state index contributed by atoms with van der Waals surface area (Å²) in [6, 6.07) is 3.90. The Hall–Kier alpha value is -1.58. The average molecular weight is 327 g/mol. The van der Waals surface area contributed by atoms with E-state index >= 15 is 0 Å². The minimum atomic E-state index is 0.0653. The number of anilines is 1. The third-order valence-corrected chi connectivity index (χ3v) is 6.51. The molecule has 0 aromatic carbocycles. The minimum Gasteiger partial charge on any atom is -0.357 e. The lowest BCUT2D eigenvalue weighted by Crippen LogP contribution is -2.59. The molecule has 0 spiro atoms. The van der Waals surface area contributed by atoms with Crippen molar-refractivity contribution in [3.8, 4) is 0 Å². The van der Waals surface area contributed by atoms with Gasteiger partial charge in [-0.25, -0.2) is 4.98 Å². The summed E-state index contributed by atoms with van der Waals surface area (Å²) in [5.74, 6) is 3.56. The van der Waals surface area contributed by atoms with Crippen molar-refractivity contribution in [1.82, 2.24) is 10.3 Å². The highest BCUT2D eigenvalue weighted by molar-refractivity contribution is 5.94. The molecule has 0 aliphatic heterocycles. The van der Waals surface area contributed by atoms with Gasteiger partial charge in [0.2, 0.25) is 0 Å². The van der Waals surface area contributed by atoms with E-state index < -0.39 is 0 Å². The Bertz CT molecular complexity index is 571. The molecule has 0 atom stereocenters. The van der Waals surface area contributed by atoms with Gasteiger partial charge in [0.1, 0.15) is 5.82 Å². The van der Waals surface area contributed by atoms with E-state index in [1.54, 1.807) is 6.20 Å². The first-order valence-electron chi connectivity index (χ1n) is 9.64. The summed E-state index contributed by atoms with van der Waals surface area (Å²) < 4.78 is 0. The maximum absolute atomic E-state index is 12.8. The predicted molar refractivity (Wildman–Crippen MR) is 96.2 cm³/mol. The number of hydrogen-bond donors (Lipinski definition) is 1. The Kier molecular flexibility index (Phi) is 4.01. The first-order valence-corrected chi connectivity index (χ1v) is 9.64. The van der Waals surface area contributed by atoms with Crippen LogP contribution < -0.4 is 10.2 Å². The molecule has 4 fully saturated rings. The van der Waals surface area contributed by atoms with E-state index in [1.807, 2.05) is 12.1 Å². The van der Waals surface area contributed by atoms with Gasteiger partial charge in [-0.3, -0.25) is 4.79 Å². The molecule has 1 heterocycles. The molecule has 5 rings (SSSR count). The van der Waals surface area contributed by atoms with Gasteiger partial charge >= 0.3 is 0 Å². The van der Waals surface area contributed by atoms with E-state index in [4.69, 9.17) is 0 Å². The lowest BCUT2D eigenvalue weighted by atomic mass is 9.53. The van der Waals surface area contributed by atoms with Gasteiger partial charge < -0.3 is 10.2 Å². The zero-order chi connectivity index (χ0) is 16.7. The fraction of sp³-hybridized carbons (Fsp3) is 0.700. The highest BCUT2D eigenvalue weighted by Gasteiger charge is 2.51. The van der Waals surface area contributed by atoms with E-state index in [0.29, 0.717) is 5.56 Å². The molecule has 4 aliphatic carbocycles. The van der Waals surface area contributed by atoms with Crippen LogP contribution in [-0.4, -0.2) is 29.5 Å². The van der Waals surface area contributed by atoms with Crippen molar-refractivity contribution in [2.75, 3.05) is 18.0 Å². The number of aromatic nitrogens is 1. The lowest BCUT2D eigenvalue weighted by molar-refractivity contribution is -0.0167. The number of amides is 1. The summed E-state index contributed by atoms with van der Waals surface area (Å²) in [6.07, 6.45) is 9.50. The molecule has 24 heavy (non-hydrogen) atoms. The van der Waals surface area contributed by atoms with Gasteiger partial charge in [-0.05, 0) is 82.3 Å². The van der Waals surface area contributed by atoms with Crippen LogP contribution in [0.2, 0.25) is 0 Å². The Balaban J connectivity index is 1.46. The van der Waals surface area contributed by atoms with Crippen molar-refractivity contribution in [3.05, 3.63) is 23.9 Å². The number of pyridine rings is 1. The largest absolute Gasteiger partial charge is 0.357 e. The zero-order valence-corrected chi connectivity index (χ0v) is 14.9. The number of rotatable bonds is 5. The number of carbonyl (C=O) groups excluding carboxylic acids is 1. The number of hydrogen-bond acceptors (Lipinski definition) is 3. The molecule has 1 N–H and O–H groups in total. The summed E-state index contributed by atoms with van der Waals surface area (Å²) >= 11 is 0. The van der Waals surface area contributed by atoms with Crippen molar-refractivity contribution in [1.29, 1.82) is 0 Å². The molecule has 1 aromatic heterocycles. The van der Waals surface area contributed by atoms with Crippen LogP contribution in [0.15, 0.2) is 18.3 Å². The third kappa shape index (κ3) is 2.80. The van der Waals surface area contributed by atoms with Crippen LogP contribution in [0.3, 0.4) is 0 Å². The maximum atomic E-state index is 12.8. The van der Waals surface area contributed by atoms with E-state index in [2.05, 4.69) is 29.0 Å². The molecule has 4 heteroatoms. The SMILES string of the molecule is CCN(CC)c1ccc(C(=O)NC23CC4CC(CC(C4)C2)C3)cn1. The van der Waals surface area contributed by atoms with Gasteiger partial charge in [0.25, 0.3) is 5.91 Å². The van der Waals surface area contributed by atoms with Crippen molar-refractivity contribution in [3.63, 3.8) is 0 Å². The molecular weight excluding hydrogens is 298 g/mol. The molecule has 4 nitrogen and oxygen atoms in total. The van der Waals surface area contributed by atoms with Crippen molar-refractivity contribution in [2.24, 2.45) is 17.8 Å². The van der Waals surface area contributed by atoms with Crippen LogP contribution in [-0.2, 0) is 0 Å². The highest BCUT2D eigenvalue weighted by Crippen LogP contribution is 2.55.